The van der Waals surface area contributed by atoms with Gasteiger partial charge in [-0.2, -0.15) is 0 Å². The summed E-state index contributed by atoms with van der Waals surface area (Å²) in [6.45, 7) is 9.01. The minimum atomic E-state index is 0.695. The first-order valence-electron chi connectivity index (χ1n) is 6.56. The Morgan fingerprint density at radius 2 is 2.24 bits per heavy atom. The summed E-state index contributed by atoms with van der Waals surface area (Å²) in [4.78, 5) is 5.35. The third kappa shape index (κ3) is 3.30. The molecule has 0 saturated carbocycles. The molecule has 1 fully saturated rings. The molecule has 2 nitrogen and oxygen atoms in total. The van der Waals surface area contributed by atoms with Crippen molar-refractivity contribution >= 4 is 11.3 Å². The third-order valence-corrected chi connectivity index (χ3v) is 4.94. The summed E-state index contributed by atoms with van der Waals surface area (Å²) >= 11 is 1.91. The average Bonchev–Trinajstić information content (AvgIpc) is 2.59. The molecule has 0 aliphatic carbocycles. The molecule has 1 aromatic heterocycles. The maximum atomic E-state index is 3.72. The monoisotopic (exact) mass is 252 g/mol. The summed E-state index contributed by atoms with van der Waals surface area (Å²) in [5.41, 5.74) is 1.49. The maximum Gasteiger partial charge on any atom is 0.0219 e. The first-order valence-corrected chi connectivity index (χ1v) is 7.37. The minimum absolute atomic E-state index is 0.695. The summed E-state index contributed by atoms with van der Waals surface area (Å²) in [6, 6.07) is 3.73. The van der Waals surface area contributed by atoms with Gasteiger partial charge in [-0.1, -0.05) is 0 Å². The Hall–Kier alpha value is -0.380. The predicted molar refractivity (Wildman–Crippen MR) is 75.7 cm³/mol. The van der Waals surface area contributed by atoms with Crippen LogP contribution < -0.4 is 5.32 Å². The molecule has 1 aliphatic heterocycles. The SMILES string of the molecule is Cc1cc(CNC2CCN(C)C(C)C2)c(C)s1. The number of hydrogen-bond donors (Lipinski definition) is 1. The highest BCUT2D eigenvalue weighted by Gasteiger charge is 2.22. The highest BCUT2D eigenvalue weighted by molar-refractivity contribution is 7.12. The van der Waals surface area contributed by atoms with Gasteiger partial charge >= 0.3 is 0 Å². The summed E-state index contributed by atoms with van der Waals surface area (Å²) in [5, 5.41) is 3.72. The number of rotatable bonds is 3. The van der Waals surface area contributed by atoms with E-state index in [1.54, 1.807) is 0 Å². The van der Waals surface area contributed by atoms with Crippen LogP contribution in [0.5, 0.6) is 0 Å². The van der Waals surface area contributed by atoms with Gasteiger partial charge in [-0.15, -0.1) is 11.3 Å². The van der Waals surface area contributed by atoms with E-state index in [9.17, 15) is 0 Å². The van der Waals surface area contributed by atoms with Gasteiger partial charge in [0, 0.05) is 28.4 Å². The van der Waals surface area contributed by atoms with Crippen LogP contribution in [0, 0.1) is 13.8 Å². The maximum absolute atomic E-state index is 3.72. The van der Waals surface area contributed by atoms with Crippen LogP contribution in [-0.2, 0) is 6.54 Å². The molecule has 3 heteroatoms. The van der Waals surface area contributed by atoms with Gasteiger partial charge in [0.05, 0.1) is 0 Å². The molecule has 1 aromatic rings. The largest absolute Gasteiger partial charge is 0.310 e. The van der Waals surface area contributed by atoms with Crippen molar-refractivity contribution in [1.82, 2.24) is 10.2 Å². The van der Waals surface area contributed by atoms with Crippen molar-refractivity contribution in [2.45, 2.75) is 52.2 Å². The molecule has 0 amide bonds. The fourth-order valence-electron chi connectivity index (χ4n) is 2.59. The number of piperidine rings is 1. The topological polar surface area (TPSA) is 15.3 Å². The second-order valence-electron chi connectivity index (χ2n) is 5.37. The molecule has 1 aliphatic rings. The van der Waals surface area contributed by atoms with E-state index in [0.29, 0.717) is 12.1 Å². The summed E-state index contributed by atoms with van der Waals surface area (Å²) < 4.78 is 0. The first-order chi connectivity index (χ1) is 8.06. The fraction of sp³-hybridized carbons (Fsp3) is 0.714. The van der Waals surface area contributed by atoms with Gasteiger partial charge in [-0.25, -0.2) is 0 Å². The van der Waals surface area contributed by atoms with Crippen molar-refractivity contribution in [2.75, 3.05) is 13.6 Å². The molecule has 17 heavy (non-hydrogen) atoms. The van der Waals surface area contributed by atoms with E-state index >= 15 is 0 Å². The molecular formula is C14H24N2S. The molecular weight excluding hydrogens is 228 g/mol. The zero-order chi connectivity index (χ0) is 12.4. The lowest BCUT2D eigenvalue weighted by atomic mass is 9.99. The molecule has 2 atom stereocenters. The highest BCUT2D eigenvalue weighted by Crippen LogP contribution is 2.21. The van der Waals surface area contributed by atoms with Gasteiger partial charge in [-0.3, -0.25) is 0 Å². The summed E-state index contributed by atoms with van der Waals surface area (Å²) in [7, 11) is 2.23. The van der Waals surface area contributed by atoms with Crippen LogP contribution in [0.1, 0.15) is 35.1 Å². The van der Waals surface area contributed by atoms with Crippen LogP contribution in [0.25, 0.3) is 0 Å². The van der Waals surface area contributed by atoms with Crippen LogP contribution in [0.15, 0.2) is 6.07 Å². The predicted octanol–water partition coefficient (Wildman–Crippen LogP) is 2.94. The van der Waals surface area contributed by atoms with Crippen LogP contribution in [-0.4, -0.2) is 30.6 Å². The van der Waals surface area contributed by atoms with E-state index in [2.05, 4.69) is 44.1 Å². The van der Waals surface area contributed by atoms with E-state index in [1.165, 1.54) is 34.7 Å². The average molecular weight is 252 g/mol. The Morgan fingerprint density at radius 3 is 2.82 bits per heavy atom. The zero-order valence-electron chi connectivity index (χ0n) is 11.4. The molecule has 2 rings (SSSR count). The lowest BCUT2D eigenvalue weighted by Crippen LogP contribution is -2.45. The van der Waals surface area contributed by atoms with Crippen molar-refractivity contribution in [3.8, 4) is 0 Å². The van der Waals surface area contributed by atoms with Gasteiger partial charge in [0.15, 0.2) is 0 Å². The quantitative estimate of drug-likeness (QED) is 0.890. The third-order valence-electron chi connectivity index (χ3n) is 3.93. The molecule has 0 aromatic carbocycles. The molecule has 0 radical (unpaired) electrons. The standard InChI is InChI=1S/C14H24N2S/c1-10-7-14(5-6-16(10)4)15-9-13-8-11(2)17-12(13)3/h8,10,14-15H,5-7,9H2,1-4H3. The zero-order valence-corrected chi connectivity index (χ0v) is 12.2. The van der Waals surface area contributed by atoms with Crippen molar-refractivity contribution in [1.29, 1.82) is 0 Å². The van der Waals surface area contributed by atoms with Gasteiger partial charge in [0.25, 0.3) is 0 Å². The van der Waals surface area contributed by atoms with Crippen molar-refractivity contribution in [3.63, 3.8) is 0 Å². The second-order valence-corrected chi connectivity index (χ2v) is 6.83. The van der Waals surface area contributed by atoms with Gasteiger partial charge in [0.2, 0.25) is 0 Å². The summed E-state index contributed by atoms with van der Waals surface area (Å²) in [5.74, 6) is 0. The normalized spacial score (nSPS) is 26.4. The number of nitrogens with zero attached hydrogens (tertiary/aromatic N) is 1. The number of aryl methyl sites for hydroxylation is 2. The number of thiophene rings is 1. The van der Waals surface area contributed by atoms with E-state index in [0.717, 1.165) is 6.54 Å². The first kappa shape index (κ1) is 13.1. The Labute approximate surface area is 109 Å². The Morgan fingerprint density at radius 1 is 1.47 bits per heavy atom. The van der Waals surface area contributed by atoms with E-state index < -0.39 is 0 Å². The molecule has 96 valence electrons. The lowest BCUT2D eigenvalue weighted by molar-refractivity contribution is 0.168. The van der Waals surface area contributed by atoms with Crippen LogP contribution in [0.2, 0.25) is 0 Å². The van der Waals surface area contributed by atoms with Gasteiger partial charge < -0.3 is 10.2 Å². The van der Waals surface area contributed by atoms with Crippen molar-refractivity contribution < 1.29 is 0 Å². The van der Waals surface area contributed by atoms with E-state index in [1.807, 2.05) is 11.3 Å². The van der Waals surface area contributed by atoms with Crippen LogP contribution >= 0.6 is 11.3 Å². The Kier molecular flexibility index (Phi) is 4.23. The molecule has 1 saturated heterocycles. The number of hydrogen-bond acceptors (Lipinski definition) is 3. The van der Waals surface area contributed by atoms with Gasteiger partial charge in [-0.05, 0) is 58.8 Å². The molecule has 0 bridgehead atoms. The van der Waals surface area contributed by atoms with E-state index in [4.69, 9.17) is 0 Å². The second kappa shape index (κ2) is 5.51. The summed E-state index contributed by atoms with van der Waals surface area (Å²) in [6.07, 6.45) is 2.56. The van der Waals surface area contributed by atoms with Crippen LogP contribution in [0.4, 0.5) is 0 Å². The van der Waals surface area contributed by atoms with Gasteiger partial charge in [0.1, 0.15) is 0 Å². The Balaban J connectivity index is 1.84. The van der Waals surface area contributed by atoms with Crippen molar-refractivity contribution in [3.05, 3.63) is 21.4 Å². The molecule has 0 spiro atoms. The Bertz CT molecular complexity index is 372. The van der Waals surface area contributed by atoms with Crippen LogP contribution in [0.3, 0.4) is 0 Å². The van der Waals surface area contributed by atoms with E-state index in [-0.39, 0.29) is 0 Å². The highest BCUT2D eigenvalue weighted by atomic mass is 32.1. The smallest absolute Gasteiger partial charge is 0.0219 e. The number of likely N-dealkylation sites (tertiary alicyclic amines) is 1. The van der Waals surface area contributed by atoms with Crippen molar-refractivity contribution in [2.24, 2.45) is 0 Å². The molecule has 2 unspecified atom stereocenters. The molecule has 2 heterocycles. The lowest BCUT2D eigenvalue weighted by Gasteiger charge is -2.35. The minimum Gasteiger partial charge on any atom is -0.310 e. The molecule has 1 N–H and O–H groups in total. The number of nitrogens with one attached hydrogen (secondary N) is 1. The fourth-order valence-corrected chi connectivity index (χ4v) is 3.53.